The highest BCUT2D eigenvalue weighted by atomic mass is 19.3. The highest BCUT2D eigenvalue weighted by molar-refractivity contribution is 5.10. The van der Waals surface area contributed by atoms with Gasteiger partial charge in [-0.05, 0) is 0 Å². The molecule has 1 aliphatic carbocycles. The molecular weight excluding hydrogens is 198 g/mol. The van der Waals surface area contributed by atoms with E-state index in [-0.39, 0.29) is 0 Å². The quantitative estimate of drug-likeness (QED) is 0.534. The minimum atomic E-state index is -5.24. The molecule has 0 N–H and O–H groups in total. The zero-order chi connectivity index (χ0) is 10.7. The Morgan fingerprint density at radius 1 is 0.692 bits per heavy atom. The zero-order valence-corrected chi connectivity index (χ0v) is 6.92. The molecule has 1 saturated carbocycles. The van der Waals surface area contributed by atoms with E-state index >= 15 is 0 Å². The Labute approximate surface area is 70.9 Å². The van der Waals surface area contributed by atoms with Gasteiger partial charge in [0.15, 0.2) is 0 Å². The van der Waals surface area contributed by atoms with Crippen LogP contribution in [0.4, 0.5) is 26.3 Å². The lowest BCUT2D eigenvalue weighted by molar-refractivity contribution is -0.279. The molecule has 0 heterocycles. The van der Waals surface area contributed by atoms with Gasteiger partial charge in [0.05, 0.1) is 0 Å². The summed E-state index contributed by atoms with van der Waals surface area (Å²) in [7, 11) is 0. The lowest BCUT2D eigenvalue weighted by Gasteiger charge is -2.24. The number of hydrogen-bond acceptors (Lipinski definition) is 0. The van der Waals surface area contributed by atoms with Crippen molar-refractivity contribution < 1.29 is 26.3 Å². The van der Waals surface area contributed by atoms with E-state index in [9.17, 15) is 26.3 Å². The second kappa shape index (κ2) is 2.33. The fourth-order valence-electron chi connectivity index (χ4n) is 1.42. The predicted octanol–water partition coefficient (Wildman–Crippen LogP) is 3.18. The summed E-state index contributed by atoms with van der Waals surface area (Å²) in [6.07, 6.45) is 0. The first-order chi connectivity index (χ1) is 5.57. The van der Waals surface area contributed by atoms with Gasteiger partial charge in [-0.2, -0.15) is 26.3 Å². The van der Waals surface area contributed by atoms with Gasteiger partial charge in [-0.3, -0.25) is 0 Å². The lowest BCUT2D eigenvalue weighted by atomic mass is 9.97. The van der Waals surface area contributed by atoms with Gasteiger partial charge in [0.2, 0.25) is 0 Å². The van der Waals surface area contributed by atoms with Crippen molar-refractivity contribution in [3.05, 3.63) is 0 Å². The van der Waals surface area contributed by atoms with Crippen molar-refractivity contribution >= 4 is 0 Å². The largest absolute Gasteiger partial charge is 0.372 e. The highest BCUT2D eigenvalue weighted by Gasteiger charge is 2.82. The number of hydrogen-bond donors (Lipinski definition) is 0. The Hall–Kier alpha value is -0.420. The molecule has 13 heavy (non-hydrogen) atoms. The Bertz CT molecular complexity index is 199. The Morgan fingerprint density at radius 2 is 0.923 bits per heavy atom. The monoisotopic (exact) mass is 206 g/mol. The first-order valence-electron chi connectivity index (χ1n) is 3.70. The van der Waals surface area contributed by atoms with E-state index in [1.165, 1.54) is 0 Å². The fraction of sp³-hybridized carbons (Fsp3) is 1.00. The molecule has 78 valence electrons. The van der Waals surface area contributed by atoms with Crippen LogP contribution in [0.3, 0.4) is 0 Å². The number of rotatable bonds is 0. The Kier molecular flexibility index (Phi) is 1.91. The molecule has 1 aliphatic rings. The average Bonchev–Trinajstić information content (AvgIpc) is 2.05. The minimum absolute atomic E-state index is 0.708. The maximum Gasteiger partial charge on any atom is 0.372 e. The molecule has 0 nitrogen and oxygen atoms in total. The summed E-state index contributed by atoms with van der Waals surface area (Å²) < 4.78 is 75.5. The molecule has 0 aromatic rings. The Morgan fingerprint density at radius 3 is 1.00 bits per heavy atom. The van der Waals surface area contributed by atoms with Crippen molar-refractivity contribution in [1.29, 1.82) is 0 Å². The van der Waals surface area contributed by atoms with Crippen LogP contribution in [0.1, 0.15) is 13.8 Å². The molecule has 0 aromatic heterocycles. The molecule has 0 aliphatic heterocycles. The van der Waals surface area contributed by atoms with E-state index in [0.717, 1.165) is 0 Å². The van der Waals surface area contributed by atoms with Gasteiger partial charge in [-0.15, -0.1) is 0 Å². The second-order valence-electron chi connectivity index (χ2n) is 3.40. The molecule has 0 aromatic carbocycles. The third-order valence-electron chi connectivity index (χ3n) is 2.73. The lowest BCUT2D eigenvalue weighted by Crippen LogP contribution is -2.48. The van der Waals surface area contributed by atoms with E-state index in [2.05, 4.69) is 0 Å². The van der Waals surface area contributed by atoms with Crippen molar-refractivity contribution in [1.82, 2.24) is 0 Å². The molecule has 0 saturated heterocycles. The smallest absolute Gasteiger partial charge is 0.199 e. The van der Waals surface area contributed by atoms with E-state index < -0.39 is 29.6 Å². The van der Waals surface area contributed by atoms with Crippen molar-refractivity contribution in [3.63, 3.8) is 0 Å². The van der Waals surface area contributed by atoms with Crippen LogP contribution in [0.15, 0.2) is 0 Å². The van der Waals surface area contributed by atoms with E-state index in [1.807, 2.05) is 0 Å². The molecule has 0 radical (unpaired) electrons. The molecule has 0 spiro atoms. The standard InChI is InChI=1S/C7H8F6/c1-3-4(2)6(10,11)7(12,13)5(3,8)9/h3-4H,1-2H3. The summed E-state index contributed by atoms with van der Waals surface area (Å²) in [6.45, 7) is 1.42. The predicted molar refractivity (Wildman–Crippen MR) is 33.2 cm³/mol. The van der Waals surface area contributed by atoms with Crippen LogP contribution in [-0.2, 0) is 0 Å². The van der Waals surface area contributed by atoms with Gasteiger partial charge in [-0.1, -0.05) is 13.8 Å². The Balaban J connectivity index is 3.23. The maximum absolute atomic E-state index is 12.6. The first kappa shape index (κ1) is 10.7. The highest BCUT2D eigenvalue weighted by Crippen LogP contribution is 2.61. The maximum atomic E-state index is 12.6. The minimum Gasteiger partial charge on any atom is -0.199 e. The van der Waals surface area contributed by atoms with Crippen molar-refractivity contribution in [2.75, 3.05) is 0 Å². The molecule has 0 bridgehead atoms. The van der Waals surface area contributed by atoms with Crippen LogP contribution in [0, 0.1) is 11.8 Å². The number of alkyl halides is 6. The third kappa shape index (κ3) is 0.942. The normalized spacial score (nSPS) is 40.6. The van der Waals surface area contributed by atoms with Gasteiger partial charge in [-0.25, -0.2) is 0 Å². The summed E-state index contributed by atoms with van der Waals surface area (Å²) in [5, 5.41) is 0. The van der Waals surface area contributed by atoms with Crippen LogP contribution in [-0.4, -0.2) is 17.8 Å². The van der Waals surface area contributed by atoms with Gasteiger partial charge in [0.25, 0.3) is 0 Å². The average molecular weight is 206 g/mol. The van der Waals surface area contributed by atoms with Gasteiger partial charge in [0, 0.05) is 11.8 Å². The first-order valence-corrected chi connectivity index (χ1v) is 3.70. The molecule has 1 fully saturated rings. The SMILES string of the molecule is CC1C(C)C(F)(F)C(F)(F)C1(F)F. The molecule has 0 amide bonds. The second-order valence-corrected chi connectivity index (χ2v) is 3.40. The number of halogens is 6. The molecular formula is C7H8F6. The summed E-state index contributed by atoms with van der Waals surface area (Å²) in [6, 6.07) is 0. The van der Waals surface area contributed by atoms with Gasteiger partial charge in [0.1, 0.15) is 0 Å². The van der Waals surface area contributed by atoms with Crippen LogP contribution in [0.25, 0.3) is 0 Å². The van der Waals surface area contributed by atoms with Gasteiger partial charge < -0.3 is 0 Å². The molecule has 2 unspecified atom stereocenters. The molecule has 6 heteroatoms. The van der Waals surface area contributed by atoms with Gasteiger partial charge >= 0.3 is 17.8 Å². The fourth-order valence-corrected chi connectivity index (χ4v) is 1.42. The van der Waals surface area contributed by atoms with Crippen molar-refractivity contribution in [2.45, 2.75) is 31.6 Å². The summed E-state index contributed by atoms with van der Waals surface area (Å²) in [4.78, 5) is 0. The summed E-state index contributed by atoms with van der Waals surface area (Å²) >= 11 is 0. The van der Waals surface area contributed by atoms with Crippen LogP contribution in [0.2, 0.25) is 0 Å². The zero-order valence-electron chi connectivity index (χ0n) is 6.92. The van der Waals surface area contributed by atoms with Crippen LogP contribution in [0.5, 0.6) is 0 Å². The van der Waals surface area contributed by atoms with Crippen molar-refractivity contribution in [2.24, 2.45) is 11.8 Å². The third-order valence-corrected chi connectivity index (χ3v) is 2.73. The van der Waals surface area contributed by atoms with Crippen molar-refractivity contribution in [3.8, 4) is 0 Å². The summed E-state index contributed by atoms with van der Waals surface area (Å²) in [5.74, 6) is -18.5. The molecule has 1 rings (SSSR count). The summed E-state index contributed by atoms with van der Waals surface area (Å²) in [5.41, 5.74) is 0. The van der Waals surface area contributed by atoms with Crippen LogP contribution < -0.4 is 0 Å². The topological polar surface area (TPSA) is 0 Å². The van der Waals surface area contributed by atoms with E-state index in [1.54, 1.807) is 0 Å². The molecule has 2 atom stereocenters. The van der Waals surface area contributed by atoms with Crippen LogP contribution >= 0.6 is 0 Å². The van der Waals surface area contributed by atoms with E-state index in [4.69, 9.17) is 0 Å². The van der Waals surface area contributed by atoms with E-state index in [0.29, 0.717) is 13.8 Å².